The highest BCUT2D eigenvalue weighted by molar-refractivity contribution is 5.90. The highest BCUT2D eigenvalue weighted by Crippen LogP contribution is 2.38. The van der Waals surface area contributed by atoms with E-state index in [4.69, 9.17) is 4.74 Å². The summed E-state index contributed by atoms with van der Waals surface area (Å²) in [6.45, 7) is 1.44. The number of carbonyl (C=O) groups is 2. The molecule has 0 amide bonds. The fraction of sp³-hybridized carbons (Fsp3) is 0.294. The van der Waals surface area contributed by atoms with Crippen LogP contribution in [0.3, 0.4) is 0 Å². The first kappa shape index (κ1) is 16.8. The molecule has 0 fully saturated rings. The minimum Gasteiger partial charge on any atom is -0.497 e. The van der Waals surface area contributed by atoms with Crippen LogP contribution in [0.2, 0.25) is 0 Å². The van der Waals surface area contributed by atoms with Crippen molar-refractivity contribution >= 4 is 11.9 Å². The molecular formula is C17H18O6. The second kappa shape index (κ2) is 6.26. The van der Waals surface area contributed by atoms with Crippen molar-refractivity contribution < 1.29 is 29.6 Å². The van der Waals surface area contributed by atoms with Gasteiger partial charge in [0.05, 0.1) is 12.5 Å². The van der Waals surface area contributed by atoms with Gasteiger partial charge in [0.15, 0.2) is 0 Å². The number of benzene rings is 1. The molecule has 1 aliphatic carbocycles. The molecule has 2 atom stereocenters. The van der Waals surface area contributed by atoms with E-state index in [1.54, 1.807) is 24.3 Å². The van der Waals surface area contributed by atoms with Crippen LogP contribution in [0, 0.1) is 5.41 Å². The molecular weight excluding hydrogens is 300 g/mol. The average Bonchev–Trinajstić information content (AvgIpc) is 2.53. The Bertz CT molecular complexity index is 686. The van der Waals surface area contributed by atoms with Crippen molar-refractivity contribution in [1.29, 1.82) is 0 Å². The Labute approximate surface area is 133 Å². The molecule has 0 saturated carbocycles. The molecule has 6 nitrogen and oxygen atoms in total. The number of aliphatic carboxylic acids is 2. The molecule has 122 valence electrons. The summed E-state index contributed by atoms with van der Waals surface area (Å²) in [4.78, 5) is 22.7. The molecule has 1 aromatic carbocycles. The lowest BCUT2D eigenvalue weighted by molar-refractivity contribution is -0.145. The molecule has 2 rings (SSSR count). The number of ether oxygens (including phenoxy) is 1. The van der Waals surface area contributed by atoms with E-state index < -0.39 is 23.5 Å². The smallest absolute Gasteiger partial charge is 0.331 e. The molecule has 6 heteroatoms. The summed E-state index contributed by atoms with van der Waals surface area (Å²) in [5.41, 5.74) is -0.637. The van der Waals surface area contributed by atoms with Crippen LogP contribution in [0.15, 0.2) is 47.6 Å². The van der Waals surface area contributed by atoms with E-state index in [2.05, 4.69) is 0 Å². The maximum Gasteiger partial charge on any atom is 0.331 e. The zero-order valence-corrected chi connectivity index (χ0v) is 12.8. The second-order valence-corrected chi connectivity index (χ2v) is 5.69. The zero-order chi connectivity index (χ0) is 17.2. The van der Waals surface area contributed by atoms with E-state index in [1.807, 2.05) is 0 Å². The van der Waals surface area contributed by atoms with Gasteiger partial charge in [-0.15, -0.1) is 0 Å². The second-order valence-electron chi connectivity index (χ2n) is 5.69. The van der Waals surface area contributed by atoms with E-state index in [0.717, 1.165) is 0 Å². The van der Waals surface area contributed by atoms with Gasteiger partial charge >= 0.3 is 11.9 Å². The molecule has 23 heavy (non-hydrogen) atoms. The fourth-order valence-corrected chi connectivity index (χ4v) is 2.52. The van der Waals surface area contributed by atoms with Gasteiger partial charge in [-0.25, -0.2) is 4.79 Å². The van der Waals surface area contributed by atoms with Gasteiger partial charge < -0.3 is 20.1 Å². The lowest BCUT2D eigenvalue weighted by Crippen LogP contribution is -2.30. The molecule has 1 aliphatic rings. The molecule has 0 bridgehead atoms. The standard InChI is InChI=1S/C17H18O6/c1-17(16(21)22)8-11(7-12(9-17)15(19)20)14(18)10-3-5-13(23-2)6-4-10/h3-8,14,18H,9H2,1-2H3,(H,19,20)(H,21,22). The Morgan fingerprint density at radius 2 is 1.83 bits per heavy atom. The Morgan fingerprint density at radius 1 is 1.22 bits per heavy atom. The summed E-state index contributed by atoms with van der Waals surface area (Å²) in [6.07, 6.45) is 1.50. The summed E-state index contributed by atoms with van der Waals surface area (Å²) in [6, 6.07) is 6.62. The first-order valence-corrected chi connectivity index (χ1v) is 6.99. The summed E-state index contributed by atoms with van der Waals surface area (Å²) in [5.74, 6) is -1.70. The van der Waals surface area contributed by atoms with Gasteiger partial charge in [-0.05, 0) is 42.7 Å². The third-order valence-corrected chi connectivity index (χ3v) is 3.89. The van der Waals surface area contributed by atoms with Gasteiger partial charge in [-0.3, -0.25) is 4.79 Å². The molecule has 2 unspecified atom stereocenters. The highest BCUT2D eigenvalue weighted by atomic mass is 16.5. The van der Waals surface area contributed by atoms with Gasteiger partial charge in [-0.2, -0.15) is 0 Å². The molecule has 0 radical (unpaired) electrons. The molecule has 0 aromatic heterocycles. The summed E-state index contributed by atoms with van der Waals surface area (Å²) < 4.78 is 5.04. The molecule has 0 aliphatic heterocycles. The average molecular weight is 318 g/mol. The molecule has 0 heterocycles. The van der Waals surface area contributed by atoms with Gasteiger partial charge in [0.2, 0.25) is 0 Å². The van der Waals surface area contributed by atoms with E-state index in [-0.39, 0.29) is 17.6 Å². The third-order valence-electron chi connectivity index (χ3n) is 3.89. The number of rotatable bonds is 5. The molecule has 3 N–H and O–H groups in total. The predicted molar refractivity (Wildman–Crippen MR) is 82.1 cm³/mol. The maximum absolute atomic E-state index is 11.5. The van der Waals surface area contributed by atoms with Crippen molar-refractivity contribution in [3.8, 4) is 5.75 Å². The Morgan fingerprint density at radius 3 is 2.30 bits per heavy atom. The summed E-state index contributed by atoms with van der Waals surface area (Å²) in [7, 11) is 1.52. The lowest BCUT2D eigenvalue weighted by Gasteiger charge is -2.28. The number of carboxylic acids is 2. The van der Waals surface area contributed by atoms with Gasteiger partial charge in [-0.1, -0.05) is 18.2 Å². The van der Waals surface area contributed by atoms with Gasteiger partial charge in [0.25, 0.3) is 0 Å². The number of hydrogen-bond acceptors (Lipinski definition) is 4. The van der Waals surface area contributed by atoms with Crippen LogP contribution < -0.4 is 4.74 Å². The highest BCUT2D eigenvalue weighted by Gasteiger charge is 2.37. The Hall–Kier alpha value is -2.60. The molecule has 1 aromatic rings. The van der Waals surface area contributed by atoms with E-state index in [1.165, 1.54) is 26.2 Å². The Kier molecular flexibility index (Phi) is 4.56. The first-order valence-electron chi connectivity index (χ1n) is 6.99. The lowest BCUT2D eigenvalue weighted by atomic mass is 9.76. The molecule has 0 spiro atoms. The van der Waals surface area contributed by atoms with Crippen molar-refractivity contribution in [1.82, 2.24) is 0 Å². The number of aliphatic hydroxyl groups is 1. The van der Waals surface area contributed by atoms with Crippen molar-refractivity contribution in [2.24, 2.45) is 5.41 Å². The van der Waals surface area contributed by atoms with E-state index in [0.29, 0.717) is 11.3 Å². The predicted octanol–water partition coefficient (Wildman–Crippen LogP) is 2.16. The SMILES string of the molecule is COc1ccc(C(O)C2=CC(C)(C(=O)O)CC(C(=O)O)=C2)cc1. The van der Waals surface area contributed by atoms with Crippen LogP contribution >= 0.6 is 0 Å². The van der Waals surface area contributed by atoms with Crippen LogP contribution in [0.1, 0.15) is 25.0 Å². The normalized spacial score (nSPS) is 21.9. The zero-order valence-electron chi connectivity index (χ0n) is 12.8. The van der Waals surface area contributed by atoms with Crippen LogP contribution in [0.5, 0.6) is 5.75 Å². The minimum atomic E-state index is -1.37. The number of hydrogen-bond donors (Lipinski definition) is 3. The van der Waals surface area contributed by atoms with Crippen LogP contribution in [-0.4, -0.2) is 34.4 Å². The van der Waals surface area contributed by atoms with Crippen molar-refractivity contribution in [2.75, 3.05) is 7.11 Å². The van der Waals surface area contributed by atoms with Crippen molar-refractivity contribution in [3.63, 3.8) is 0 Å². The number of methoxy groups -OCH3 is 1. The van der Waals surface area contributed by atoms with Crippen LogP contribution in [0.4, 0.5) is 0 Å². The van der Waals surface area contributed by atoms with Crippen molar-refractivity contribution in [3.05, 3.63) is 53.1 Å². The number of aliphatic hydroxyl groups excluding tert-OH is 1. The first-order chi connectivity index (χ1) is 10.8. The summed E-state index contributed by atoms with van der Waals surface area (Å²) in [5, 5.41) is 29.1. The van der Waals surface area contributed by atoms with E-state index in [9.17, 15) is 24.9 Å². The van der Waals surface area contributed by atoms with Crippen molar-refractivity contribution in [2.45, 2.75) is 19.4 Å². The van der Waals surface area contributed by atoms with E-state index >= 15 is 0 Å². The quantitative estimate of drug-likeness (QED) is 0.768. The minimum absolute atomic E-state index is 0.0417. The summed E-state index contributed by atoms with van der Waals surface area (Å²) >= 11 is 0. The number of carboxylic acid groups (broad SMARTS) is 2. The van der Waals surface area contributed by atoms with Gasteiger partial charge in [0.1, 0.15) is 11.9 Å². The maximum atomic E-state index is 11.5. The molecule has 0 saturated heterocycles. The fourth-order valence-electron chi connectivity index (χ4n) is 2.52. The van der Waals surface area contributed by atoms with Crippen LogP contribution in [-0.2, 0) is 9.59 Å². The van der Waals surface area contributed by atoms with Gasteiger partial charge in [0, 0.05) is 5.57 Å². The third kappa shape index (κ3) is 3.43. The monoisotopic (exact) mass is 318 g/mol. The largest absolute Gasteiger partial charge is 0.497 e. The van der Waals surface area contributed by atoms with Crippen LogP contribution in [0.25, 0.3) is 0 Å². The Balaban J connectivity index is 2.42. The topological polar surface area (TPSA) is 104 Å².